The molecule has 0 spiro atoms. The summed E-state index contributed by atoms with van der Waals surface area (Å²) >= 11 is 0. The Morgan fingerprint density at radius 2 is 1.71 bits per heavy atom. The minimum atomic E-state index is -0.438. The van der Waals surface area contributed by atoms with E-state index in [1.54, 1.807) is 0 Å². The SMILES string of the molecule is CC(C)(C)OC(=O)/C=C/c1ccc(C2CCCCC2)cc1. The maximum atomic E-state index is 11.6. The van der Waals surface area contributed by atoms with Crippen LogP contribution in [-0.2, 0) is 9.53 Å². The Bertz CT molecular complexity index is 485. The van der Waals surface area contributed by atoms with Gasteiger partial charge in [-0.3, -0.25) is 0 Å². The molecular weight excluding hydrogens is 260 g/mol. The van der Waals surface area contributed by atoms with Crippen LogP contribution in [0.3, 0.4) is 0 Å². The highest BCUT2D eigenvalue weighted by atomic mass is 16.6. The third-order valence-corrected chi connectivity index (χ3v) is 3.83. The summed E-state index contributed by atoms with van der Waals surface area (Å²) in [6, 6.07) is 8.57. The maximum absolute atomic E-state index is 11.6. The Balaban J connectivity index is 1.94. The summed E-state index contributed by atoms with van der Waals surface area (Å²) < 4.78 is 5.25. The summed E-state index contributed by atoms with van der Waals surface area (Å²) in [5, 5.41) is 0. The summed E-state index contributed by atoms with van der Waals surface area (Å²) in [7, 11) is 0. The predicted octanol–water partition coefficient (Wildman–Crippen LogP) is 5.09. The van der Waals surface area contributed by atoms with Gasteiger partial charge in [0.05, 0.1) is 0 Å². The summed E-state index contributed by atoms with van der Waals surface area (Å²) in [6.07, 6.45) is 10.0. The average Bonchev–Trinajstić information content (AvgIpc) is 2.45. The van der Waals surface area contributed by atoms with Crippen molar-refractivity contribution in [2.24, 2.45) is 0 Å². The monoisotopic (exact) mass is 286 g/mol. The molecule has 2 heteroatoms. The van der Waals surface area contributed by atoms with E-state index in [0.717, 1.165) is 11.5 Å². The first-order chi connectivity index (χ1) is 9.94. The Kier molecular flexibility index (Phi) is 5.22. The molecule has 2 nitrogen and oxygen atoms in total. The van der Waals surface area contributed by atoms with E-state index in [2.05, 4.69) is 24.3 Å². The van der Waals surface area contributed by atoms with E-state index >= 15 is 0 Å². The fourth-order valence-electron chi connectivity index (χ4n) is 2.82. The third-order valence-electron chi connectivity index (χ3n) is 3.83. The molecule has 0 aromatic heterocycles. The molecule has 0 heterocycles. The van der Waals surface area contributed by atoms with E-state index in [9.17, 15) is 4.79 Å². The van der Waals surface area contributed by atoms with Crippen LogP contribution in [0.25, 0.3) is 6.08 Å². The number of hydrogen-bond donors (Lipinski definition) is 0. The van der Waals surface area contributed by atoms with Gasteiger partial charge >= 0.3 is 5.97 Å². The van der Waals surface area contributed by atoms with Crippen molar-refractivity contribution in [3.8, 4) is 0 Å². The second-order valence-electron chi connectivity index (χ2n) is 6.87. The quantitative estimate of drug-likeness (QED) is 0.571. The number of carbonyl (C=O) groups excluding carboxylic acids is 1. The van der Waals surface area contributed by atoms with Crippen molar-refractivity contribution in [1.29, 1.82) is 0 Å². The average molecular weight is 286 g/mol. The van der Waals surface area contributed by atoms with Crippen molar-refractivity contribution in [3.63, 3.8) is 0 Å². The van der Waals surface area contributed by atoms with E-state index in [0.29, 0.717) is 0 Å². The van der Waals surface area contributed by atoms with Crippen LogP contribution in [0.15, 0.2) is 30.3 Å². The van der Waals surface area contributed by atoms with Crippen LogP contribution in [0.1, 0.15) is 69.9 Å². The fourth-order valence-corrected chi connectivity index (χ4v) is 2.82. The third kappa shape index (κ3) is 5.37. The predicted molar refractivity (Wildman–Crippen MR) is 87.1 cm³/mol. The number of rotatable bonds is 3. The zero-order valence-corrected chi connectivity index (χ0v) is 13.4. The van der Waals surface area contributed by atoms with Gasteiger partial charge in [0.1, 0.15) is 5.60 Å². The highest BCUT2D eigenvalue weighted by Crippen LogP contribution is 2.32. The lowest BCUT2D eigenvalue weighted by Crippen LogP contribution is -2.22. The number of esters is 1. The lowest BCUT2D eigenvalue weighted by molar-refractivity contribution is -0.148. The number of carbonyl (C=O) groups is 1. The molecule has 114 valence electrons. The molecule has 1 aromatic carbocycles. The van der Waals surface area contributed by atoms with Crippen LogP contribution in [0.5, 0.6) is 0 Å². The van der Waals surface area contributed by atoms with Gasteiger partial charge in [-0.1, -0.05) is 43.5 Å². The molecule has 0 unspecified atom stereocenters. The fraction of sp³-hybridized carbons (Fsp3) is 0.526. The van der Waals surface area contributed by atoms with Crippen molar-refractivity contribution in [1.82, 2.24) is 0 Å². The van der Waals surface area contributed by atoms with Crippen LogP contribution in [0.2, 0.25) is 0 Å². The van der Waals surface area contributed by atoms with Crippen molar-refractivity contribution in [2.75, 3.05) is 0 Å². The number of ether oxygens (including phenoxy) is 1. The van der Waals surface area contributed by atoms with E-state index in [1.165, 1.54) is 43.7 Å². The minimum absolute atomic E-state index is 0.293. The molecule has 2 rings (SSSR count). The molecule has 1 saturated carbocycles. The molecular formula is C19H26O2. The standard InChI is InChI=1S/C19H26O2/c1-19(2,3)21-18(20)14-11-15-9-12-17(13-10-15)16-7-5-4-6-8-16/h9-14,16H,4-8H2,1-3H3/b14-11+. The van der Waals surface area contributed by atoms with Crippen LogP contribution >= 0.6 is 0 Å². The first kappa shape index (κ1) is 15.8. The summed E-state index contributed by atoms with van der Waals surface area (Å²) in [6.45, 7) is 5.62. The number of hydrogen-bond acceptors (Lipinski definition) is 2. The van der Waals surface area contributed by atoms with E-state index in [4.69, 9.17) is 4.74 Å². The van der Waals surface area contributed by atoms with Crippen molar-refractivity contribution in [2.45, 2.75) is 64.4 Å². The highest BCUT2D eigenvalue weighted by Gasteiger charge is 2.15. The second-order valence-corrected chi connectivity index (χ2v) is 6.87. The molecule has 21 heavy (non-hydrogen) atoms. The first-order valence-electron chi connectivity index (χ1n) is 7.95. The molecule has 1 aliphatic rings. The lowest BCUT2D eigenvalue weighted by Gasteiger charge is -2.21. The van der Waals surface area contributed by atoms with Crippen LogP contribution in [0.4, 0.5) is 0 Å². The largest absolute Gasteiger partial charge is 0.457 e. The lowest BCUT2D eigenvalue weighted by atomic mass is 9.84. The molecule has 0 amide bonds. The smallest absolute Gasteiger partial charge is 0.331 e. The molecule has 0 N–H and O–H groups in total. The van der Waals surface area contributed by atoms with Gasteiger partial charge in [-0.2, -0.15) is 0 Å². The van der Waals surface area contributed by atoms with Gasteiger partial charge in [-0.25, -0.2) is 4.79 Å². The van der Waals surface area contributed by atoms with Crippen molar-refractivity contribution >= 4 is 12.0 Å². The Morgan fingerprint density at radius 1 is 1.10 bits per heavy atom. The minimum Gasteiger partial charge on any atom is -0.457 e. The maximum Gasteiger partial charge on any atom is 0.331 e. The highest BCUT2D eigenvalue weighted by molar-refractivity contribution is 5.87. The molecule has 0 saturated heterocycles. The molecule has 0 atom stereocenters. The van der Waals surface area contributed by atoms with Crippen LogP contribution in [-0.4, -0.2) is 11.6 Å². The zero-order valence-electron chi connectivity index (χ0n) is 13.4. The van der Waals surface area contributed by atoms with Gasteiger partial charge in [-0.15, -0.1) is 0 Å². The van der Waals surface area contributed by atoms with E-state index < -0.39 is 5.60 Å². The summed E-state index contributed by atoms with van der Waals surface area (Å²) in [5.74, 6) is 0.432. The van der Waals surface area contributed by atoms with Gasteiger partial charge in [0.15, 0.2) is 0 Å². The summed E-state index contributed by atoms with van der Waals surface area (Å²) in [5.41, 5.74) is 2.04. The van der Waals surface area contributed by atoms with Crippen LogP contribution < -0.4 is 0 Å². The molecule has 1 aliphatic carbocycles. The molecule has 1 fully saturated rings. The normalized spacial score (nSPS) is 17.1. The summed E-state index contributed by atoms with van der Waals surface area (Å²) in [4.78, 5) is 11.6. The van der Waals surface area contributed by atoms with Gasteiger partial charge in [0.25, 0.3) is 0 Å². The van der Waals surface area contributed by atoms with Crippen LogP contribution in [0, 0.1) is 0 Å². The molecule has 1 aromatic rings. The number of benzene rings is 1. The van der Waals surface area contributed by atoms with Gasteiger partial charge in [-0.05, 0) is 56.7 Å². The van der Waals surface area contributed by atoms with Gasteiger partial charge < -0.3 is 4.74 Å². The molecule has 0 radical (unpaired) electrons. The van der Waals surface area contributed by atoms with Gasteiger partial charge in [0.2, 0.25) is 0 Å². The zero-order chi connectivity index (χ0) is 15.3. The van der Waals surface area contributed by atoms with Crippen molar-refractivity contribution < 1.29 is 9.53 Å². The second kappa shape index (κ2) is 6.93. The Labute approximate surface area is 128 Å². The van der Waals surface area contributed by atoms with Crippen molar-refractivity contribution in [3.05, 3.63) is 41.5 Å². The van der Waals surface area contributed by atoms with E-state index in [-0.39, 0.29) is 5.97 Å². The first-order valence-corrected chi connectivity index (χ1v) is 7.95. The Hall–Kier alpha value is -1.57. The molecule has 0 aliphatic heterocycles. The van der Waals surface area contributed by atoms with E-state index in [1.807, 2.05) is 26.8 Å². The Morgan fingerprint density at radius 3 is 2.29 bits per heavy atom. The van der Waals surface area contributed by atoms with Gasteiger partial charge in [0, 0.05) is 6.08 Å². The topological polar surface area (TPSA) is 26.3 Å². The molecule has 0 bridgehead atoms.